The maximum Gasteiger partial charge on any atom is 0.246 e. The van der Waals surface area contributed by atoms with Gasteiger partial charge in [0.2, 0.25) is 5.91 Å². The third kappa shape index (κ3) is 2.55. The summed E-state index contributed by atoms with van der Waals surface area (Å²) in [6.07, 6.45) is 3.48. The normalized spacial score (nSPS) is 10.9. The maximum absolute atomic E-state index is 13.3. The number of hydrogen-bond acceptors (Lipinski definition) is 3. The molecule has 102 valence electrons. The Morgan fingerprint density at radius 3 is 3.05 bits per heavy atom. The third-order valence-corrected chi connectivity index (χ3v) is 3.75. The van der Waals surface area contributed by atoms with Gasteiger partial charge in [0.15, 0.2) is 5.13 Å². The van der Waals surface area contributed by atoms with Gasteiger partial charge in [-0.2, -0.15) is 0 Å². The number of nitrogens with one attached hydrogen (secondary N) is 1. The van der Waals surface area contributed by atoms with Gasteiger partial charge in [-0.15, -0.1) is 11.3 Å². The Morgan fingerprint density at radius 2 is 2.30 bits per heavy atom. The molecule has 6 heteroatoms. The minimum absolute atomic E-state index is 0.131. The Balaban J connectivity index is 1.79. The number of carbonyl (C=O) groups is 1. The number of amides is 1. The first-order valence-corrected chi connectivity index (χ1v) is 6.90. The number of benzene rings is 1. The molecule has 0 aliphatic rings. The second-order valence-corrected chi connectivity index (χ2v) is 5.71. The number of fused-ring (bicyclic) bond motifs is 1. The van der Waals surface area contributed by atoms with Gasteiger partial charge in [-0.1, -0.05) is 0 Å². The first-order chi connectivity index (χ1) is 9.61. The van der Waals surface area contributed by atoms with Gasteiger partial charge in [0.05, 0.1) is 5.52 Å². The predicted molar refractivity (Wildman–Crippen MR) is 77.4 cm³/mol. The molecule has 1 N–H and O–H groups in total. The Morgan fingerprint density at radius 1 is 1.45 bits per heavy atom. The van der Waals surface area contributed by atoms with Crippen LogP contribution in [0.5, 0.6) is 0 Å². The number of carbonyl (C=O) groups excluding carboxylic acids is 1. The van der Waals surface area contributed by atoms with Crippen LogP contribution in [-0.4, -0.2) is 15.5 Å². The molecular formula is C14H12FN3OS. The van der Waals surface area contributed by atoms with Crippen molar-refractivity contribution in [2.75, 3.05) is 5.32 Å². The molecule has 1 amide bonds. The van der Waals surface area contributed by atoms with E-state index in [1.807, 2.05) is 13.0 Å². The summed E-state index contributed by atoms with van der Waals surface area (Å²) in [5.74, 6) is -0.491. The number of aryl methyl sites for hydroxylation is 1. The van der Waals surface area contributed by atoms with E-state index < -0.39 is 0 Å². The fourth-order valence-electron chi connectivity index (χ4n) is 2.02. The molecule has 3 rings (SSSR count). The molecule has 0 unspecified atom stereocenters. The van der Waals surface area contributed by atoms with E-state index in [1.165, 1.54) is 23.5 Å². The van der Waals surface area contributed by atoms with E-state index in [1.54, 1.807) is 23.0 Å². The van der Waals surface area contributed by atoms with Crippen molar-refractivity contribution in [2.24, 2.45) is 0 Å². The number of anilines is 1. The van der Waals surface area contributed by atoms with Crippen LogP contribution in [0.1, 0.15) is 4.88 Å². The van der Waals surface area contributed by atoms with Gasteiger partial charge in [0.25, 0.3) is 0 Å². The zero-order valence-corrected chi connectivity index (χ0v) is 11.6. The summed E-state index contributed by atoms with van der Waals surface area (Å²) in [6.45, 7) is 2.06. The largest absolute Gasteiger partial charge is 0.338 e. The molecule has 3 aromatic rings. The van der Waals surface area contributed by atoms with Crippen molar-refractivity contribution in [3.63, 3.8) is 0 Å². The molecular weight excluding hydrogens is 277 g/mol. The first-order valence-electron chi connectivity index (χ1n) is 6.08. The van der Waals surface area contributed by atoms with Crippen molar-refractivity contribution >= 4 is 33.3 Å². The van der Waals surface area contributed by atoms with Crippen LogP contribution < -0.4 is 5.32 Å². The van der Waals surface area contributed by atoms with Crippen LogP contribution in [-0.2, 0) is 11.3 Å². The van der Waals surface area contributed by atoms with E-state index in [0.717, 1.165) is 10.3 Å². The molecule has 2 heterocycles. The van der Waals surface area contributed by atoms with Crippen LogP contribution in [0.25, 0.3) is 10.9 Å². The standard InChI is InChI=1S/C14H12FN3OS/c1-9-7-16-14(20-9)17-13(19)8-18-5-4-10-2-3-11(15)6-12(10)18/h2-7H,8H2,1H3,(H,16,17,19). The zero-order chi connectivity index (χ0) is 14.1. The molecule has 1 aromatic carbocycles. The minimum Gasteiger partial charge on any atom is -0.338 e. The van der Waals surface area contributed by atoms with E-state index in [-0.39, 0.29) is 18.3 Å². The molecule has 2 aromatic heterocycles. The summed E-state index contributed by atoms with van der Waals surface area (Å²) in [6, 6.07) is 6.39. The molecule has 0 aliphatic carbocycles. The monoisotopic (exact) mass is 289 g/mol. The topological polar surface area (TPSA) is 46.9 Å². The highest BCUT2D eigenvalue weighted by atomic mass is 32.1. The van der Waals surface area contributed by atoms with Crippen molar-refractivity contribution in [3.05, 3.63) is 47.4 Å². The second-order valence-electron chi connectivity index (χ2n) is 4.47. The van der Waals surface area contributed by atoms with Gasteiger partial charge < -0.3 is 9.88 Å². The fraction of sp³-hybridized carbons (Fsp3) is 0.143. The summed E-state index contributed by atoms with van der Waals surface area (Å²) in [5.41, 5.74) is 0.704. The van der Waals surface area contributed by atoms with Crippen LogP contribution in [0, 0.1) is 12.7 Å². The number of thiazole rings is 1. The van der Waals surface area contributed by atoms with Crippen molar-refractivity contribution in [1.29, 1.82) is 0 Å². The van der Waals surface area contributed by atoms with Crippen LogP contribution in [0.3, 0.4) is 0 Å². The SMILES string of the molecule is Cc1cnc(NC(=O)Cn2ccc3ccc(F)cc32)s1. The van der Waals surface area contributed by atoms with Crippen LogP contribution in [0.4, 0.5) is 9.52 Å². The number of hydrogen-bond donors (Lipinski definition) is 1. The van der Waals surface area contributed by atoms with E-state index in [9.17, 15) is 9.18 Å². The summed E-state index contributed by atoms with van der Waals surface area (Å²) >= 11 is 1.42. The Kier molecular flexibility index (Phi) is 3.23. The van der Waals surface area contributed by atoms with Crippen molar-refractivity contribution in [2.45, 2.75) is 13.5 Å². The van der Waals surface area contributed by atoms with Crippen LogP contribution >= 0.6 is 11.3 Å². The molecule has 0 bridgehead atoms. The molecule has 0 aliphatic heterocycles. The third-order valence-electron chi connectivity index (χ3n) is 2.92. The second kappa shape index (κ2) is 5.05. The number of rotatable bonds is 3. The molecule has 20 heavy (non-hydrogen) atoms. The molecule has 0 atom stereocenters. The molecule has 0 spiro atoms. The highest BCUT2D eigenvalue weighted by Gasteiger charge is 2.09. The van der Waals surface area contributed by atoms with E-state index in [0.29, 0.717) is 10.6 Å². The lowest BCUT2D eigenvalue weighted by Gasteiger charge is -2.05. The van der Waals surface area contributed by atoms with Crippen molar-refractivity contribution in [3.8, 4) is 0 Å². The van der Waals surface area contributed by atoms with Crippen molar-refractivity contribution < 1.29 is 9.18 Å². The average molecular weight is 289 g/mol. The van der Waals surface area contributed by atoms with Crippen LogP contribution in [0.2, 0.25) is 0 Å². The van der Waals surface area contributed by atoms with Crippen molar-refractivity contribution in [1.82, 2.24) is 9.55 Å². The van der Waals surface area contributed by atoms with Gasteiger partial charge in [0, 0.05) is 17.3 Å². The Bertz CT molecular complexity index is 778. The summed E-state index contributed by atoms with van der Waals surface area (Å²) in [4.78, 5) is 17.1. The lowest BCUT2D eigenvalue weighted by molar-refractivity contribution is -0.116. The number of aromatic nitrogens is 2. The number of nitrogens with zero attached hydrogens (tertiary/aromatic N) is 2. The summed E-state index contributed by atoms with van der Waals surface area (Å²) in [5, 5.41) is 4.22. The molecule has 0 saturated heterocycles. The first kappa shape index (κ1) is 12.8. The van der Waals surface area contributed by atoms with Crippen LogP contribution in [0.15, 0.2) is 36.7 Å². The highest BCUT2D eigenvalue weighted by molar-refractivity contribution is 7.15. The minimum atomic E-state index is -0.312. The lowest BCUT2D eigenvalue weighted by Crippen LogP contribution is -2.18. The van der Waals surface area contributed by atoms with E-state index >= 15 is 0 Å². The molecule has 4 nitrogen and oxygen atoms in total. The molecule has 0 radical (unpaired) electrons. The van der Waals surface area contributed by atoms with Gasteiger partial charge >= 0.3 is 0 Å². The van der Waals surface area contributed by atoms with Gasteiger partial charge in [-0.25, -0.2) is 9.37 Å². The van der Waals surface area contributed by atoms with Gasteiger partial charge in [-0.3, -0.25) is 4.79 Å². The van der Waals surface area contributed by atoms with Gasteiger partial charge in [0.1, 0.15) is 12.4 Å². The Hall–Kier alpha value is -2.21. The number of halogens is 1. The lowest BCUT2D eigenvalue weighted by atomic mass is 10.2. The smallest absolute Gasteiger partial charge is 0.246 e. The van der Waals surface area contributed by atoms with E-state index in [2.05, 4.69) is 10.3 Å². The Labute approximate surface area is 118 Å². The fourth-order valence-corrected chi connectivity index (χ4v) is 2.70. The predicted octanol–water partition coefficient (Wildman–Crippen LogP) is 3.18. The quantitative estimate of drug-likeness (QED) is 0.805. The highest BCUT2D eigenvalue weighted by Crippen LogP contribution is 2.19. The maximum atomic E-state index is 13.3. The summed E-state index contributed by atoms with van der Waals surface area (Å²) < 4.78 is 15.0. The van der Waals surface area contributed by atoms with E-state index in [4.69, 9.17) is 0 Å². The molecule has 0 saturated carbocycles. The zero-order valence-electron chi connectivity index (χ0n) is 10.8. The average Bonchev–Trinajstić information content (AvgIpc) is 2.97. The summed E-state index contributed by atoms with van der Waals surface area (Å²) in [7, 11) is 0. The molecule has 0 fully saturated rings. The van der Waals surface area contributed by atoms with Gasteiger partial charge in [-0.05, 0) is 36.6 Å².